The molecule has 1 fully saturated rings. The smallest absolute Gasteiger partial charge is 0.230 e. The van der Waals surface area contributed by atoms with Crippen LogP contribution in [0.5, 0.6) is 0 Å². The van der Waals surface area contributed by atoms with E-state index < -0.39 is 11.7 Å². The molecule has 1 aromatic carbocycles. The van der Waals surface area contributed by atoms with E-state index in [4.69, 9.17) is 4.74 Å². The Labute approximate surface area is 156 Å². The van der Waals surface area contributed by atoms with Gasteiger partial charge >= 0.3 is 0 Å². The van der Waals surface area contributed by atoms with Crippen LogP contribution in [0.3, 0.4) is 0 Å². The SMILES string of the molecule is CN(C(=O)C1CC(=O)Nc2cc(F)ccc21)[C@H]1CCO[C@@H]1c1cccnc1. The van der Waals surface area contributed by atoms with Crippen molar-refractivity contribution in [1.29, 1.82) is 0 Å². The number of rotatable bonds is 3. The predicted octanol–water partition coefficient (Wildman–Crippen LogP) is 2.64. The maximum atomic E-state index is 13.5. The van der Waals surface area contributed by atoms with Gasteiger partial charge in [-0.05, 0) is 30.2 Å². The van der Waals surface area contributed by atoms with Gasteiger partial charge in [0.15, 0.2) is 0 Å². The van der Waals surface area contributed by atoms with Crippen LogP contribution in [0.1, 0.15) is 36.0 Å². The van der Waals surface area contributed by atoms with Crippen molar-refractivity contribution in [2.45, 2.75) is 30.9 Å². The second kappa shape index (κ2) is 7.08. The Morgan fingerprint density at radius 2 is 2.22 bits per heavy atom. The molecule has 1 aromatic heterocycles. The average molecular weight is 369 g/mol. The van der Waals surface area contributed by atoms with Crippen molar-refractivity contribution in [1.82, 2.24) is 9.88 Å². The van der Waals surface area contributed by atoms with E-state index in [1.165, 1.54) is 12.1 Å². The number of fused-ring (bicyclic) bond motifs is 1. The number of ether oxygens (including phenoxy) is 1. The minimum Gasteiger partial charge on any atom is -0.371 e. The molecule has 4 rings (SSSR count). The lowest BCUT2D eigenvalue weighted by Gasteiger charge is -2.33. The molecular weight excluding hydrogens is 349 g/mol. The highest BCUT2D eigenvalue weighted by atomic mass is 19.1. The molecule has 1 saturated heterocycles. The van der Waals surface area contributed by atoms with E-state index in [2.05, 4.69) is 10.3 Å². The van der Waals surface area contributed by atoms with Gasteiger partial charge in [-0.15, -0.1) is 0 Å². The van der Waals surface area contributed by atoms with Crippen molar-refractivity contribution in [3.63, 3.8) is 0 Å². The van der Waals surface area contributed by atoms with Gasteiger partial charge in [0.2, 0.25) is 11.8 Å². The normalized spacial score (nSPS) is 24.2. The van der Waals surface area contributed by atoms with Gasteiger partial charge in [0.25, 0.3) is 0 Å². The number of aromatic nitrogens is 1. The fraction of sp³-hybridized carbons (Fsp3) is 0.350. The summed E-state index contributed by atoms with van der Waals surface area (Å²) in [5.41, 5.74) is 1.93. The highest BCUT2D eigenvalue weighted by molar-refractivity contribution is 6.01. The number of hydrogen-bond acceptors (Lipinski definition) is 4. The first-order chi connectivity index (χ1) is 13.0. The number of anilines is 1. The lowest BCUT2D eigenvalue weighted by atomic mass is 9.88. The molecule has 2 aliphatic rings. The lowest BCUT2D eigenvalue weighted by Crippen LogP contribution is -2.43. The second-order valence-electron chi connectivity index (χ2n) is 6.92. The number of hydrogen-bond donors (Lipinski definition) is 1. The van der Waals surface area contributed by atoms with Crippen molar-refractivity contribution in [2.75, 3.05) is 19.0 Å². The van der Waals surface area contributed by atoms with Gasteiger partial charge in [-0.3, -0.25) is 14.6 Å². The third kappa shape index (κ3) is 3.30. The number of likely N-dealkylation sites (N-methyl/N-ethyl adjacent to an activating group) is 1. The summed E-state index contributed by atoms with van der Waals surface area (Å²) in [5, 5.41) is 2.65. The molecule has 0 radical (unpaired) electrons. The van der Waals surface area contributed by atoms with Gasteiger partial charge < -0.3 is 15.0 Å². The molecule has 2 amide bonds. The molecule has 3 heterocycles. The van der Waals surface area contributed by atoms with Crippen molar-refractivity contribution in [3.8, 4) is 0 Å². The zero-order valence-electron chi connectivity index (χ0n) is 14.9. The first kappa shape index (κ1) is 17.6. The van der Waals surface area contributed by atoms with Gasteiger partial charge in [-0.2, -0.15) is 0 Å². The molecule has 27 heavy (non-hydrogen) atoms. The van der Waals surface area contributed by atoms with Crippen LogP contribution >= 0.6 is 0 Å². The Morgan fingerprint density at radius 3 is 3.00 bits per heavy atom. The van der Waals surface area contributed by atoms with Gasteiger partial charge in [-0.25, -0.2) is 4.39 Å². The Hall–Kier alpha value is -2.80. The zero-order chi connectivity index (χ0) is 19.0. The first-order valence-corrected chi connectivity index (χ1v) is 8.92. The number of benzene rings is 1. The van der Waals surface area contributed by atoms with E-state index in [0.717, 1.165) is 5.56 Å². The molecule has 140 valence electrons. The number of halogens is 1. The van der Waals surface area contributed by atoms with Crippen LogP contribution in [0.25, 0.3) is 0 Å². The summed E-state index contributed by atoms with van der Waals surface area (Å²) in [6, 6.07) is 7.77. The minimum absolute atomic E-state index is 0.0486. The van der Waals surface area contributed by atoms with Gasteiger partial charge in [0.1, 0.15) is 11.9 Å². The molecule has 6 nitrogen and oxygen atoms in total. The van der Waals surface area contributed by atoms with E-state index in [1.807, 2.05) is 12.1 Å². The molecule has 0 saturated carbocycles. The maximum absolute atomic E-state index is 13.5. The predicted molar refractivity (Wildman–Crippen MR) is 96.5 cm³/mol. The van der Waals surface area contributed by atoms with E-state index in [9.17, 15) is 14.0 Å². The number of carbonyl (C=O) groups is 2. The number of nitrogens with zero attached hydrogens (tertiary/aromatic N) is 2. The average Bonchev–Trinajstić information content (AvgIpc) is 3.16. The number of pyridine rings is 1. The van der Waals surface area contributed by atoms with E-state index in [1.54, 1.807) is 30.4 Å². The maximum Gasteiger partial charge on any atom is 0.230 e. The van der Waals surface area contributed by atoms with Crippen molar-refractivity contribution >= 4 is 17.5 Å². The summed E-state index contributed by atoms with van der Waals surface area (Å²) in [5.74, 6) is -1.53. The van der Waals surface area contributed by atoms with Crippen LogP contribution in [0, 0.1) is 5.82 Å². The number of amides is 2. The molecule has 0 aliphatic carbocycles. The summed E-state index contributed by atoms with van der Waals surface area (Å²) in [6.07, 6.45) is 3.94. The standard InChI is InChI=1S/C20H20FN3O3/c1-24(17-6-8-27-19(17)12-3-2-7-22-11-12)20(26)15-10-18(25)23-16-9-13(21)4-5-14(15)16/h2-5,7,9,11,15,17,19H,6,8,10H2,1H3,(H,23,25)/t15?,17-,19+/m0/s1. The van der Waals surface area contributed by atoms with Crippen LogP contribution in [0.15, 0.2) is 42.7 Å². The largest absolute Gasteiger partial charge is 0.371 e. The Kier molecular flexibility index (Phi) is 4.61. The van der Waals surface area contributed by atoms with E-state index in [-0.39, 0.29) is 30.4 Å². The Bertz CT molecular complexity index is 874. The van der Waals surface area contributed by atoms with Crippen molar-refractivity contribution < 1.29 is 18.7 Å². The van der Waals surface area contributed by atoms with Crippen LogP contribution in [-0.4, -0.2) is 41.4 Å². The van der Waals surface area contributed by atoms with Crippen molar-refractivity contribution in [3.05, 3.63) is 59.7 Å². The molecule has 3 atom stereocenters. The lowest BCUT2D eigenvalue weighted by molar-refractivity contribution is -0.136. The topological polar surface area (TPSA) is 71.5 Å². The summed E-state index contributed by atoms with van der Waals surface area (Å²) in [4.78, 5) is 31.1. The minimum atomic E-state index is -0.630. The van der Waals surface area contributed by atoms with Crippen LogP contribution in [0.2, 0.25) is 0 Å². The molecule has 7 heteroatoms. The van der Waals surface area contributed by atoms with Crippen LogP contribution < -0.4 is 5.32 Å². The highest BCUT2D eigenvalue weighted by Crippen LogP contribution is 2.37. The summed E-state index contributed by atoms with van der Waals surface area (Å²) in [6.45, 7) is 0.550. The molecular formula is C20H20FN3O3. The molecule has 1 unspecified atom stereocenters. The summed E-state index contributed by atoms with van der Waals surface area (Å²) < 4.78 is 19.4. The van der Waals surface area contributed by atoms with Crippen molar-refractivity contribution in [2.24, 2.45) is 0 Å². The summed E-state index contributed by atoms with van der Waals surface area (Å²) >= 11 is 0. The molecule has 0 spiro atoms. The van der Waals surface area contributed by atoms with E-state index in [0.29, 0.717) is 24.3 Å². The third-order valence-electron chi connectivity index (χ3n) is 5.27. The fourth-order valence-corrected chi connectivity index (χ4v) is 3.90. The zero-order valence-corrected chi connectivity index (χ0v) is 14.9. The second-order valence-corrected chi connectivity index (χ2v) is 6.92. The van der Waals surface area contributed by atoms with Gasteiger partial charge in [-0.1, -0.05) is 12.1 Å². The number of nitrogens with one attached hydrogen (secondary N) is 1. The number of carbonyl (C=O) groups excluding carboxylic acids is 2. The Morgan fingerprint density at radius 1 is 1.37 bits per heavy atom. The van der Waals surface area contributed by atoms with Gasteiger partial charge in [0.05, 0.1) is 12.0 Å². The molecule has 0 bridgehead atoms. The third-order valence-corrected chi connectivity index (χ3v) is 5.27. The Balaban J connectivity index is 1.60. The van der Waals surface area contributed by atoms with Crippen LogP contribution in [0.4, 0.5) is 10.1 Å². The quantitative estimate of drug-likeness (QED) is 0.903. The monoisotopic (exact) mass is 369 g/mol. The summed E-state index contributed by atoms with van der Waals surface area (Å²) in [7, 11) is 1.74. The molecule has 2 aromatic rings. The highest BCUT2D eigenvalue weighted by Gasteiger charge is 2.39. The van der Waals surface area contributed by atoms with Crippen LogP contribution in [-0.2, 0) is 14.3 Å². The fourth-order valence-electron chi connectivity index (χ4n) is 3.90. The first-order valence-electron chi connectivity index (χ1n) is 8.92. The van der Waals surface area contributed by atoms with E-state index >= 15 is 0 Å². The molecule has 1 N–H and O–H groups in total. The van der Waals surface area contributed by atoms with Gasteiger partial charge in [0, 0.05) is 43.7 Å². The molecule has 2 aliphatic heterocycles.